The maximum Gasteiger partial charge on any atom is 0.408 e. The molecule has 3 aromatic rings. The Morgan fingerprint density at radius 3 is 2.19 bits per heavy atom. The average Bonchev–Trinajstić information content (AvgIpc) is 2.89. The molecule has 0 spiro atoms. The number of hydrogen-bond acceptors (Lipinski definition) is 5. The second-order valence-electron chi connectivity index (χ2n) is 11.6. The predicted octanol–water partition coefficient (Wildman–Crippen LogP) is 6.72. The Kier molecular flexibility index (Phi) is 10.6. The standard InChI is InChI=1S/C33H40ClN3O5/c1-20(2)37(31(40)26(19-23-13-9-8-10-14-23)35-32(41)42-33(5,6)7)29(24-16-17-27(38)22(4)18-24)30(39)36-28-21(3)12-11-15-25(28)34/h8-18,20,26,29,38H,19H2,1-7H3,(H,35,41)(H,36,39). The highest BCUT2D eigenvalue weighted by atomic mass is 35.5. The number of benzene rings is 3. The van der Waals surface area contributed by atoms with Crippen LogP contribution in [0.3, 0.4) is 0 Å². The van der Waals surface area contributed by atoms with E-state index >= 15 is 0 Å². The Balaban J connectivity index is 2.10. The lowest BCUT2D eigenvalue weighted by Gasteiger charge is -2.37. The van der Waals surface area contributed by atoms with Crippen LogP contribution in [0.1, 0.15) is 62.9 Å². The maximum atomic E-state index is 14.4. The first-order valence-corrected chi connectivity index (χ1v) is 14.3. The number of nitrogens with one attached hydrogen (secondary N) is 2. The van der Waals surface area contributed by atoms with E-state index in [0.717, 1.165) is 11.1 Å². The fraction of sp³-hybridized carbons (Fsp3) is 0.364. The van der Waals surface area contributed by atoms with Crippen LogP contribution in [0.5, 0.6) is 5.75 Å². The minimum Gasteiger partial charge on any atom is -0.508 e. The van der Waals surface area contributed by atoms with Crippen molar-refractivity contribution in [1.82, 2.24) is 10.2 Å². The van der Waals surface area contributed by atoms with Crippen molar-refractivity contribution in [2.45, 2.75) is 78.6 Å². The van der Waals surface area contributed by atoms with Gasteiger partial charge < -0.3 is 25.4 Å². The summed E-state index contributed by atoms with van der Waals surface area (Å²) >= 11 is 6.44. The largest absolute Gasteiger partial charge is 0.508 e. The van der Waals surface area contributed by atoms with E-state index < -0.39 is 41.6 Å². The van der Waals surface area contributed by atoms with Gasteiger partial charge in [-0.2, -0.15) is 0 Å². The highest BCUT2D eigenvalue weighted by Crippen LogP contribution is 2.32. The molecule has 0 fully saturated rings. The van der Waals surface area contributed by atoms with Crippen molar-refractivity contribution < 1.29 is 24.2 Å². The number of ether oxygens (including phenoxy) is 1. The summed E-state index contributed by atoms with van der Waals surface area (Å²) in [6.07, 6.45) is -0.567. The van der Waals surface area contributed by atoms with E-state index in [4.69, 9.17) is 16.3 Å². The van der Waals surface area contributed by atoms with E-state index in [-0.39, 0.29) is 12.2 Å². The van der Waals surface area contributed by atoms with Gasteiger partial charge in [0.05, 0.1) is 10.7 Å². The molecule has 0 aromatic heterocycles. The van der Waals surface area contributed by atoms with Crippen molar-refractivity contribution in [3.05, 3.63) is 94.0 Å². The molecule has 9 heteroatoms. The number of phenolic OH excluding ortho intramolecular Hbond substituents is 1. The van der Waals surface area contributed by atoms with Gasteiger partial charge in [-0.1, -0.05) is 60.1 Å². The van der Waals surface area contributed by atoms with Gasteiger partial charge in [-0.3, -0.25) is 9.59 Å². The van der Waals surface area contributed by atoms with E-state index in [9.17, 15) is 19.5 Å². The normalized spacial score (nSPS) is 12.8. The first kappa shape index (κ1) is 32.5. The van der Waals surface area contributed by atoms with E-state index in [1.165, 1.54) is 11.0 Å². The van der Waals surface area contributed by atoms with Gasteiger partial charge in [-0.25, -0.2) is 4.79 Å². The smallest absolute Gasteiger partial charge is 0.408 e. The monoisotopic (exact) mass is 593 g/mol. The fourth-order valence-corrected chi connectivity index (χ4v) is 4.90. The van der Waals surface area contributed by atoms with Gasteiger partial charge in [-0.05, 0) is 88.9 Å². The molecular weight excluding hydrogens is 554 g/mol. The quantitative estimate of drug-likeness (QED) is 0.255. The number of nitrogens with zero attached hydrogens (tertiary/aromatic N) is 1. The Morgan fingerprint density at radius 1 is 0.952 bits per heavy atom. The van der Waals surface area contributed by atoms with Crippen molar-refractivity contribution in [3.8, 4) is 5.75 Å². The molecule has 0 aliphatic heterocycles. The number of amides is 3. The van der Waals surface area contributed by atoms with Crippen LogP contribution in [0, 0.1) is 13.8 Å². The highest BCUT2D eigenvalue weighted by molar-refractivity contribution is 6.34. The van der Waals surface area contributed by atoms with Crippen LogP contribution < -0.4 is 10.6 Å². The summed E-state index contributed by atoms with van der Waals surface area (Å²) in [5, 5.41) is 16.2. The second kappa shape index (κ2) is 13.7. The number of alkyl carbamates (subject to hydrolysis) is 1. The number of hydrogen-bond donors (Lipinski definition) is 3. The lowest BCUT2D eigenvalue weighted by atomic mass is 9.97. The molecule has 0 saturated heterocycles. The summed E-state index contributed by atoms with van der Waals surface area (Å²) in [4.78, 5) is 42.9. The van der Waals surface area contributed by atoms with Crippen molar-refractivity contribution in [2.75, 3.05) is 5.32 Å². The zero-order valence-electron chi connectivity index (χ0n) is 25.2. The number of phenols is 1. The summed E-state index contributed by atoms with van der Waals surface area (Å²) in [6, 6.07) is 16.8. The lowest BCUT2D eigenvalue weighted by Crippen LogP contribution is -2.55. The summed E-state index contributed by atoms with van der Waals surface area (Å²) in [5.41, 5.74) is 2.28. The third-order valence-corrected chi connectivity index (χ3v) is 6.93. The fourth-order valence-electron chi connectivity index (χ4n) is 4.63. The number of carbonyl (C=O) groups excluding carboxylic acids is 3. The Hall–Kier alpha value is -4.04. The van der Waals surface area contributed by atoms with Crippen LogP contribution in [-0.4, -0.2) is 45.6 Å². The third-order valence-electron chi connectivity index (χ3n) is 6.62. The molecule has 0 saturated carbocycles. The Bertz CT molecular complexity index is 1400. The van der Waals surface area contributed by atoms with Gasteiger partial charge in [0, 0.05) is 12.5 Å². The molecule has 8 nitrogen and oxygen atoms in total. The summed E-state index contributed by atoms with van der Waals surface area (Å²) in [5.74, 6) is -0.897. The van der Waals surface area contributed by atoms with Gasteiger partial charge in [0.25, 0.3) is 5.91 Å². The summed E-state index contributed by atoms with van der Waals surface area (Å²) in [6.45, 7) is 12.4. The van der Waals surface area contributed by atoms with Gasteiger partial charge in [0.15, 0.2) is 0 Å². The minimum atomic E-state index is -1.12. The van der Waals surface area contributed by atoms with Gasteiger partial charge in [0.1, 0.15) is 23.4 Å². The van der Waals surface area contributed by atoms with Crippen LogP contribution in [-0.2, 0) is 20.7 Å². The minimum absolute atomic E-state index is 0.0656. The lowest BCUT2D eigenvalue weighted by molar-refractivity contribution is -0.142. The number of carbonyl (C=O) groups is 3. The summed E-state index contributed by atoms with van der Waals surface area (Å²) in [7, 11) is 0. The molecule has 42 heavy (non-hydrogen) atoms. The van der Waals surface area contributed by atoms with E-state index in [1.54, 1.807) is 65.8 Å². The first-order chi connectivity index (χ1) is 19.7. The number of anilines is 1. The molecule has 3 aromatic carbocycles. The molecule has 224 valence electrons. The molecule has 0 aliphatic rings. The number of aromatic hydroxyl groups is 1. The zero-order valence-corrected chi connectivity index (χ0v) is 26.0. The number of halogens is 1. The third kappa shape index (κ3) is 8.49. The molecule has 2 unspecified atom stereocenters. The highest BCUT2D eigenvalue weighted by Gasteiger charge is 2.38. The average molecular weight is 594 g/mol. The number of rotatable bonds is 9. The van der Waals surface area contributed by atoms with Gasteiger partial charge >= 0.3 is 6.09 Å². The van der Waals surface area contributed by atoms with Crippen molar-refractivity contribution >= 4 is 35.2 Å². The van der Waals surface area contributed by atoms with Gasteiger partial charge in [-0.15, -0.1) is 0 Å². The van der Waals surface area contributed by atoms with Crippen molar-refractivity contribution in [1.29, 1.82) is 0 Å². The summed E-state index contributed by atoms with van der Waals surface area (Å²) < 4.78 is 5.48. The Morgan fingerprint density at radius 2 is 1.62 bits per heavy atom. The van der Waals surface area contributed by atoms with E-state index in [1.807, 2.05) is 43.3 Å². The van der Waals surface area contributed by atoms with E-state index in [0.29, 0.717) is 21.8 Å². The number of para-hydroxylation sites is 1. The molecule has 0 radical (unpaired) electrons. The molecule has 3 rings (SSSR count). The molecule has 3 N–H and O–H groups in total. The van der Waals surface area contributed by atoms with Crippen LogP contribution in [0.25, 0.3) is 0 Å². The molecule has 0 aliphatic carbocycles. The Labute approximate surface area is 253 Å². The van der Waals surface area contributed by atoms with Crippen LogP contribution in [0.4, 0.5) is 10.5 Å². The van der Waals surface area contributed by atoms with Crippen molar-refractivity contribution in [3.63, 3.8) is 0 Å². The van der Waals surface area contributed by atoms with Crippen LogP contribution >= 0.6 is 11.6 Å². The molecule has 0 bridgehead atoms. The van der Waals surface area contributed by atoms with E-state index in [2.05, 4.69) is 10.6 Å². The molecule has 2 atom stereocenters. The van der Waals surface area contributed by atoms with Crippen LogP contribution in [0.2, 0.25) is 5.02 Å². The second-order valence-corrected chi connectivity index (χ2v) is 12.0. The SMILES string of the molecule is Cc1cc(C(C(=O)Nc2c(C)cccc2Cl)N(C(=O)C(Cc2ccccc2)NC(=O)OC(C)(C)C)C(C)C)ccc1O. The zero-order chi connectivity index (χ0) is 31.2. The topological polar surface area (TPSA) is 108 Å². The first-order valence-electron chi connectivity index (χ1n) is 13.9. The predicted molar refractivity (Wildman–Crippen MR) is 166 cm³/mol. The van der Waals surface area contributed by atoms with Gasteiger partial charge in [0.2, 0.25) is 5.91 Å². The number of aryl methyl sites for hydroxylation is 2. The van der Waals surface area contributed by atoms with Crippen LogP contribution in [0.15, 0.2) is 66.7 Å². The molecular formula is C33H40ClN3O5. The van der Waals surface area contributed by atoms with Crippen molar-refractivity contribution in [2.24, 2.45) is 0 Å². The molecule has 3 amide bonds. The maximum absolute atomic E-state index is 14.4. The molecule has 0 heterocycles.